The molecule has 0 saturated carbocycles. The highest BCUT2D eigenvalue weighted by atomic mass is 16.5. The highest BCUT2D eigenvalue weighted by Gasteiger charge is 2.37. The average molecular weight is 274 g/mol. The van der Waals surface area contributed by atoms with Crippen molar-refractivity contribution in [2.45, 2.75) is 31.9 Å². The molecule has 3 heterocycles. The minimum absolute atomic E-state index is 0.0292. The summed E-state index contributed by atoms with van der Waals surface area (Å²) in [6.07, 6.45) is 2.30. The van der Waals surface area contributed by atoms with Gasteiger partial charge in [0.1, 0.15) is 12.1 Å². The Hall–Kier alpha value is -1.39. The monoisotopic (exact) mass is 274 g/mol. The summed E-state index contributed by atoms with van der Waals surface area (Å²) in [4.78, 5) is 14.6. The van der Waals surface area contributed by atoms with E-state index in [1.54, 1.807) is 0 Å². The van der Waals surface area contributed by atoms with Gasteiger partial charge in [0.25, 0.3) is 0 Å². The Morgan fingerprint density at radius 3 is 2.50 bits per heavy atom. The number of ether oxygens (including phenoxy) is 1. The number of hydrogen-bond acceptors (Lipinski definition) is 4. The zero-order valence-corrected chi connectivity index (χ0v) is 11.9. The molecule has 1 aromatic carbocycles. The second kappa shape index (κ2) is 5.54. The Balaban J connectivity index is 1.62. The number of carbonyl (C=O) groups excluding carboxylic acids is 1. The normalized spacial score (nSPS) is 30.0. The van der Waals surface area contributed by atoms with Gasteiger partial charge in [0.2, 0.25) is 0 Å². The fourth-order valence-corrected chi connectivity index (χ4v) is 3.18. The lowest BCUT2D eigenvalue weighted by Gasteiger charge is -2.44. The van der Waals surface area contributed by atoms with Crippen molar-refractivity contribution < 1.29 is 9.53 Å². The molecular weight excluding hydrogens is 252 g/mol. The van der Waals surface area contributed by atoms with Crippen LogP contribution in [0.5, 0.6) is 0 Å². The van der Waals surface area contributed by atoms with Gasteiger partial charge in [-0.3, -0.25) is 4.90 Å². The van der Waals surface area contributed by atoms with Crippen LogP contribution in [0.3, 0.4) is 0 Å². The quantitative estimate of drug-likeness (QED) is 0.851. The molecule has 0 spiro atoms. The molecule has 0 radical (unpaired) electrons. The van der Waals surface area contributed by atoms with Gasteiger partial charge in [-0.25, -0.2) is 4.79 Å². The number of benzene rings is 1. The lowest BCUT2D eigenvalue weighted by molar-refractivity contribution is -0.160. The van der Waals surface area contributed by atoms with E-state index in [4.69, 9.17) is 10.5 Å². The van der Waals surface area contributed by atoms with Crippen molar-refractivity contribution in [1.82, 2.24) is 4.90 Å². The van der Waals surface area contributed by atoms with E-state index in [0.29, 0.717) is 5.92 Å². The summed E-state index contributed by atoms with van der Waals surface area (Å²) in [6.45, 7) is 5.17. The molecule has 20 heavy (non-hydrogen) atoms. The lowest BCUT2D eigenvalue weighted by atomic mass is 9.86. The third-order valence-corrected chi connectivity index (χ3v) is 4.55. The maximum absolute atomic E-state index is 12.2. The first-order valence-electron chi connectivity index (χ1n) is 7.38. The number of hydrogen-bond donors (Lipinski definition) is 1. The molecule has 2 unspecified atom stereocenters. The molecule has 3 fully saturated rings. The third kappa shape index (κ3) is 2.72. The topological polar surface area (TPSA) is 55.6 Å². The van der Waals surface area contributed by atoms with Crippen molar-refractivity contribution in [3.8, 4) is 0 Å². The van der Waals surface area contributed by atoms with E-state index in [2.05, 4.69) is 4.90 Å². The molecule has 4 heteroatoms. The van der Waals surface area contributed by atoms with Gasteiger partial charge in [0, 0.05) is 6.54 Å². The maximum atomic E-state index is 12.2. The first-order valence-corrected chi connectivity index (χ1v) is 7.38. The van der Waals surface area contributed by atoms with Crippen LogP contribution in [0.25, 0.3) is 0 Å². The lowest BCUT2D eigenvalue weighted by Crippen LogP contribution is -2.52. The van der Waals surface area contributed by atoms with Crippen LogP contribution in [0.1, 0.15) is 30.0 Å². The summed E-state index contributed by atoms with van der Waals surface area (Å²) in [6, 6.07) is 7.06. The number of nitrogens with zero attached hydrogens (tertiary/aromatic N) is 1. The van der Waals surface area contributed by atoms with Gasteiger partial charge in [-0.1, -0.05) is 29.8 Å². The fraction of sp³-hybridized carbons (Fsp3) is 0.562. The first-order chi connectivity index (χ1) is 9.63. The number of nitrogens with two attached hydrogens (primary N) is 1. The Morgan fingerprint density at radius 2 is 1.95 bits per heavy atom. The predicted molar refractivity (Wildman–Crippen MR) is 77.2 cm³/mol. The van der Waals surface area contributed by atoms with Crippen LogP contribution in [0.4, 0.5) is 0 Å². The number of fused-ring (bicyclic) bond motifs is 3. The van der Waals surface area contributed by atoms with Crippen molar-refractivity contribution in [2.75, 3.05) is 19.6 Å². The second-order valence-electron chi connectivity index (χ2n) is 6.00. The van der Waals surface area contributed by atoms with E-state index in [1.165, 1.54) is 0 Å². The van der Waals surface area contributed by atoms with Crippen LogP contribution in [0.2, 0.25) is 0 Å². The molecular formula is C16H22N2O2. The molecule has 0 aromatic heterocycles. The molecule has 3 saturated heterocycles. The van der Waals surface area contributed by atoms with E-state index in [9.17, 15) is 4.79 Å². The Kier molecular flexibility index (Phi) is 3.76. The number of piperidine rings is 3. The molecule has 4 rings (SSSR count). The van der Waals surface area contributed by atoms with Crippen molar-refractivity contribution in [3.63, 3.8) is 0 Å². The van der Waals surface area contributed by atoms with Crippen LogP contribution < -0.4 is 5.73 Å². The molecule has 108 valence electrons. The minimum Gasteiger partial charge on any atom is -0.459 e. The van der Waals surface area contributed by atoms with E-state index >= 15 is 0 Å². The molecule has 0 amide bonds. The van der Waals surface area contributed by atoms with Gasteiger partial charge in [0.15, 0.2) is 0 Å². The molecule has 3 aliphatic heterocycles. The molecule has 3 aliphatic rings. The summed E-state index contributed by atoms with van der Waals surface area (Å²) in [7, 11) is 0. The Labute approximate surface area is 119 Å². The number of rotatable bonds is 3. The van der Waals surface area contributed by atoms with E-state index in [-0.39, 0.29) is 12.1 Å². The van der Waals surface area contributed by atoms with Crippen LogP contribution >= 0.6 is 0 Å². The molecule has 2 N–H and O–H groups in total. The second-order valence-corrected chi connectivity index (χ2v) is 6.00. The van der Waals surface area contributed by atoms with Gasteiger partial charge in [-0.2, -0.15) is 0 Å². The largest absolute Gasteiger partial charge is 0.459 e. The summed E-state index contributed by atoms with van der Waals surface area (Å²) in [5, 5.41) is 0. The maximum Gasteiger partial charge on any atom is 0.327 e. The van der Waals surface area contributed by atoms with Crippen LogP contribution in [0, 0.1) is 12.8 Å². The molecule has 4 nitrogen and oxygen atoms in total. The average Bonchev–Trinajstić information content (AvgIpc) is 2.48. The van der Waals surface area contributed by atoms with E-state index < -0.39 is 6.04 Å². The van der Waals surface area contributed by atoms with Crippen molar-refractivity contribution in [3.05, 3.63) is 35.4 Å². The SMILES string of the molecule is Cc1ccc(C(N)C(=O)OC2CN3CCC2CC3)cc1. The smallest absolute Gasteiger partial charge is 0.327 e. The zero-order chi connectivity index (χ0) is 14.1. The highest BCUT2D eigenvalue weighted by Crippen LogP contribution is 2.30. The van der Waals surface area contributed by atoms with Gasteiger partial charge < -0.3 is 10.5 Å². The third-order valence-electron chi connectivity index (χ3n) is 4.55. The van der Waals surface area contributed by atoms with Gasteiger partial charge >= 0.3 is 5.97 Å². The Bertz CT molecular complexity index is 478. The summed E-state index contributed by atoms with van der Waals surface area (Å²) in [5.41, 5.74) is 8.00. The standard InChI is InChI=1S/C16H22N2O2/c1-11-2-4-13(5-3-11)15(17)16(19)20-14-10-18-8-6-12(14)7-9-18/h2-5,12,14-15H,6-10,17H2,1H3. The van der Waals surface area contributed by atoms with Crippen molar-refractivity contribution in [2.24, 2.45) is 11.7 Å². The zero-order valence-electron chi connectivity index (χ0n) is 11.9. The summed E-state index contributed by atoms with van der Waals surface area (Å²) < 4.78 is 5.67. The van der Waals surface area contributed by atoms with Crippen molar-refractivity contribution >= 4 is 5.97 Å². The van der Waals surface area contributed by atoms with Crippen LogP contribution in [0.15, 0.2) is 24.3 Å². The minimum atomic E-state index is -0.675. The molecule has 2 atom stereocenters. The van der Waals surface area contributed by atoms with Crippen molar-refractivity contribution in [1.29, 1.82) is 0 Å². The van der Waals surface area contributed by atoms with Gasteiger partial charge in [-0.15, -0.1) is 0 Å². The Morgan fingerprint density at radius 1 is 1.30 bits per heavy atom. The molecule has 0 aliphatic carbocycles. The first kappa shape index (κ1) is 13.6. The number of carbonyl (C=O) groups is 1. The summed E-state index contributed by atoms with van der Waals surface area (Å²) in [5.74, 6) is 0.224. The van der Waals surface area contributed by atoms with Crippen LogP contribution in [-0.2, 0) is 9.53 Å². The number of aryl methyl sites for hydroxylation is 1. The van der Waals surface area contributed by atoms with Crippen LogP contribution in [-0.4, -0.2) is 36.6 Å². The fourth-order valence-electron chi connectivity index (χ4n) is 3.18. The molecule has 1 aromatic rings. The summed E-state index contributed by atoms with van der Waals surface area (Å²) >= 11 is 0. The van der Waals surface area contributed by atoms with E-state index in [0.717, 1.165) is 43.6 Å². The predicted octanol–water partition coefficient (Wildman–Crippen LogP) is 1.63. The number of esters is 1. The van der Waals surface area contributed by atoms with Gasteiger partial charge in [0.05, 0.1) is 0 Å². The van der Waals surface area contributed by atoms with E-state index in [1.807, 2.05) is 31.2 Å². The molecule has 2 bridgehead atoms. The van der Waals surface area contributed by atoms with Gasteiger partial charge in [-0.05, 0) is 44.3 Å². The highest BCUT2D eigenvalue weighted by molar-refractivity contribution is 5.77.